The number of carbonyl (C=O) groups is 2. The van der Waals surface area contributed by atoms with E-state index in [9.17, 15) is 9.59 Å². The Balaban J connectivity index is 1.49. The maximum absolute atomic E-state index is 12.6. The fraction of sp³-hybridized carbons (Fsp3) is 0.353. The third-order valence-corrected chi connectivity index (χ3v) is 4.57. The summed E-state index contributed by atoms with van der Waals surface area (Å²) in [5.74, 6) is 0.220. The van der Waals surface area contributed by atoms with Crippen LogP contribution in [0.4, 0.5) is 11.4 Å². The van der Waals surface area contributed by atoms with Crippen molar-refractivity contribution in [3.05, 3.63) is 40.7 Å². The Labute approximate surface area is 144 Å². The summed E-state index contributed by atoms with van der Waals surface area (Å²) in [6.07, 6.45) is 3.99. The first-order valence-corrected chi connectivity index (χ1v) is 8.45. The van der Waals surface area contributed by atoms with E-state index in [0.717, 1.165) is 31.4 Å². The van der Waals surface area contributed by atoms with Gasteiger partial charge in [0.15, 0.2) is 5.15 Å². The maximum atomic E-state index is 12.6. The summed E-state index contributed by atoms with van der Waals surface area (Å²) >= 11 is 6.06. The van der Waals surface area contributed by atoms with Crippen LogP contribution in [0.2, 0.25) is 5.15 Å². The normalized spacial score (nSPS) is 16.7. The Bertz CT molecular complexity index is 809. The van der Waals surface area contributed by atoms with E-state index in [1.54, 1.807) is 24.3 Å². The molecule has 1 aromatic heterocycles. The van der Waals surface area contributed by atoms with Crippen LogP contribution < -0.4 is 10.6 Å². The van der Waals surface area contributed by atoms with Crippen LogP contribution in [-0.4, -0.2) is 22.0 Å². The first-order chi connectivity index (χ1) is 11.6. The molecular weight excluding hydrogens is 328 g/mol. The van der Waals surface area contributed by atoms with Crippen molar-refractivity contribution in [2.24, 2.45) is 5.92 Å². The smallest absolute Gasteiger partial charge is 0.260 e. The monoisotopic (exact) mass is 344 g/mol. The number of halogens is 1. The number of aromatic nitrogens is 2. The van der Waals surface area contributed by atoms with Gasteiger partial charge in [-0.1, -0.05) is 17.7 Å². The molecule has 0 radical (unpaired) electrons. The molecule has 6 nitrogen and oxygen atoms in total. The molecule has 0 bridgehead atoms. The van der Waals surface area contributed by atoms with E-state index in [1.165, 1.54) is 0 Å². The van der Waals surface area contributed by atoms with Crippen molar-refractivity contribution in [3.8, 4) is 0 Å². The molecule has 24 heavy (non-hydrogen) atoms. The lowest BCUT2D eigenvalue weighted by atomic mass is 10.1. The number of nitrogens with one attached hydrogen (secondary N) is 3. The molecule has 3 N–H and O–H groups in total. The Hall–Kier alpha value is -2.34. The largest absolute Gasteiger partial charge is 0.326 e. The molecule has 0 aliphatic heterocycles. The minimum absolute atomic E-state index is 0.0346. The Kier molecular flexibility index (Phi) is 3.76. The lowest BCUT2D eigenvalue weighted by molar-refractivity contribution is -0.117. The lowest BCUT2D eigenvalue weighted by Gasteiger charge is -2.09. The average Bonchev–Trinajstić information content (AvgIpc) is 3.45. The van der Waals surface area contributed by atoms with E-state index < -0.39 is 0 Å². The fourth-order valence-electron chi connectivity index (χ4n) is 2.67. The van der Waals surface area contributed by atoms with Gasteiger partial charge in [-0.15, -0.1) is 0 Å². The second-order valence-corrected chi connectivity index (χ2v) is 6.73. The lowest BCUT2D eigenvalue weighted by Crippen LogP contribution is -2.15. The van der Waals surface area contributed by atoms with Gasteiger partial charge in [0.25, 0.3) is 5.91 Å². The van der Waals surface area contributed by atoms with Crippen LogP contribution >= 0.6 is 11.6 Å². The van der Waals surface area contributed by atoms with Gasteiger partial charge in [0.1, 0.15) is 0 Å². The van der Waals surface area contributed by atoms with Crippen LogP contribution in [0.15, 0.2) is 24.3 Å². The highest BCUT2D eigenvalue weighted by molar-refractivity contribution is 6.33. The van der Waals surface area contributed by atoms with Crippen LogP contribution in [-0.2, 0) is 4.79 Å². The van der Waals surface area contributed by atoms with Crippen LogP contribution in [0.5, 0.6) is 0 Å². The molecule has 1 aromatic carbocycles. The molecule has 2 fully saturated rings. The minimum atomic E-state index is -0.290. The van der Waals surface area contributed by atoms with Gasteiger partial charge in [0.05, 0.1) is 11.3 Å². The van der Waals surface area contributed by atoms with Crippen molar-refractivity contribution < 1.29 is 9.59 Å². The number of carbonyl (C=O) groups excluding carboxylic acids is 2. The molecule has 0 unspecified atom stereocenters. The molecule has 2 aliphatic carbocycles. The van der Waals surface area contributed by atoms with E-state index in [4.69, 9.17) is 11.6 Å². The maximum Gasteiger partial charge on any atom is 0.260 e. The van der Waals surface area contributed by atoms with E-state index in [0.29, 0.717) is 22.9 Å². The number of hydrogen-bond acceptors (Lipinski definition) is 3. The molecule has 0 saturated heterocycles. The standard InChI is InChI=1S/C17H17ClN4O2/c18-15-13(14(21-22-15)9-4-5-9)17(24)20-12-3-1-2-11(8-12)19-16(23)10-6-7-10/h1-3,8-10H,4-7H2,(H,19,23)(H,20,24)(H,21,22). The predicted molar refractivity (Wildman–Crippen MR) is 91.3 cm³/mol. The van der Waals surface area contributed by atoms with Gasteiger partial charge >= 0.3 is 0 Å². The van der Waals surface area contributed by atoms with Crippen molar-refractivity contribution >= 4 is 34.8 Å². The molecule has 4 rings (SSSR count). The summed E-state index contributed by atoms with van der Waals surface area (Å²) in [5, 5.41) is 12.7. The van der Waals surface area contributed by atoms with Crippen molar-refractivity contribution in [3.63, 3.8) is 0 Å². The molecule has 0 spiro atoms. The summed E-state index contributed by atoms with van der Waals surface area (Å²) in [6.45, 7) is 0. The first-order valence-electron chi connectivity index (χ1n) is 8.08. The van der Waals surface area contributed by atoms with E-state index >= 15 is 0 Å². The van der Waals surface area contributed by atoms with Crippen LogP contribution in [0.1, 0.15) is 47.7 Å². The summed E-state index contributed by atoms with van der Waals surface area (Å²) in [7, 11) is 0. The number of hydrogen-bond donors (Lipinski definition) is 3. The highest BCUT2D eigenvalue weighted by Crippen LogP contribution is 2.42. The number of aromatic amines is 1. The van der Waals surface area contributed by atoms with Crippen molar-refractivity contribution in [2.45, 2.75) is 31.6 Å². The zero-order valence-corrected chi connectivity index (χ0v) is 13.7. The Morgan fingerprint density at radius 3 is 2.50 bits per heavy atom. The topological polar surface area (TPSA) is 86.9 Å². The molecule has 7 heteroatoms. The molecule has 2 aliphatic rings. The number of nitrogens with zero attached hydrogens (tertiary/aromatic N) is 1. The van der Waals surface area contributed by atoms with Gasteiger partial charge < -0.3 is 10.6 Å². The van der Waals surface area contributed by atoms with Gasteiger partial charge in [0, 0.05) is 23.2 Å². The number of anilines is 2. The molecule has 1 heterocycles. The highest BCUT2D eigenvalue weighted by atomic mass is 35.5. The average molecular weight is 345 g/mol. The quantitative estimate of drug-likeness (QED) is 0.775. The second-order valence-electron chi connectivity index (χ2n) is 6.38. The third kappa shape index (κ3) is 3.14. The SMILES string of the molecule is O=C(Nc1cccc(NC(=O)C2CC2)c1)c1c(Cl)n[nH]c1C1CC1. The molecule has 0 atom stereocenters. The van der Waals surface area contributed by atoms with Crippen molar-refractivity contribution in [2.75, 3.05) is 10.6 Å². The Morgan fingerprint density at radius 2 is 1.83 bits per heavy atom. The molecule has 2 amide bonds. The highest BCUT2D eigenvalue weighted by Gasteiger charge is 2.32. The predicted octanol–water partition coefficient (Wildman–Crippen LogP) is 3.54. The van der Waals surface area contributed by atoms with Gasteiger partial charge in [0.2, 0.25) is 5.91 Å². The van der Waals surface area contributed by atoms with Crippen molar-refractivity contribution in [1.82, 2.24) is 10.2 Å². The van der Waals surface area contributed by atoms with Gasteiger partial charge in [-0.2, -0.15) is 5.10 Å². The summed E-state index contributed by atoms with van der Waals surface area (Å²) in [4.78, 5) is 24.4. The van der Waals surface area contributed by atoms with E-state index in [2.05, 4.69) is 20.8 Å². The minimum Gasteiger partial charge on any atom is -0.326 e. The molecular formula is C17H17ClN4O2. The summed E-state index contributed by atoms with van der Waals surface area (Å²) in [5.41, 5.74) is 2.49. The first kappa shape index (κ1) is 15.2. The van der Waals surface area contributed by atoms with Gasteiger partial charge in [-0.3, -0.25) is 14.7 Å². The van der Waals surface area contributed by atoms with Crippen LogP contribution in [0.25, 0.3) is 0 Å². The zero-order valence-electron chi connectivity index (χ0n) is 12.9. The van der Waals surface area contributed by atoms with Crippen molar-refractivity contribution in [1.29, 1.82) is 0 Å². The van der Waals surface area contributed by atoms with E-state index in [-0.39, 0.29) is 22.9 Å². The van der Waals surface area contributed by atoms with E-state index in [1.807, 2.05) is 0 Å². The molecule has 2 aromatic rings. The summed E-state index contributed by atoms with van der Waals surface area (Å²) in [6, 6.07) is 7.10. The summed E-state index contributed by atoms with van der Waals surface area (Å²) < 4.78 is 0. The van der Waals surface area contributed by atoms with Crippen LogP contribution in [0, 0.1) is 5.92 Å². The third-order valence-electron chi connectivity index (χ3n) is 4.30. The Morgan fingerprint density at radius 1 is 1.12 bits per heavy atom. The number of H-pyrrole nitrogens is 1. The number of rotatable bonds is 5. The fourth-order valence-corrected chi connectivity index (χ4v) is 2.90. The second kappa shape index (κ2) is 5.94. The zero-order chi connectivity index (χ0) is 16.7. The van der Waals surface area contributed by atoms with Crippen LogP contribution in [0.3, 0.4) is 0 Å². The van der Waals surface area contributed by atoms with Gasteiger partial charge in [-0.05, 0) is 43.9 Å². The number of amides is 2. The molecule has 2 saturated carbocycles. The number of benzene rings is 1. The molecule has 124 valence electrons. The van der Waals surface area contributed by atoms with Gasteiger partial charge in [-0.25, -0.2) is 0 Å².